The molecule has 0 amide bonds. The first-order chi connectivity index (χ1) is 9.49. The molecule has 0 radical (unpaired) electrons. The number of esters is 2. The van der Waals surface area contributed by atoms with Gasteiger partial charge in [-0.15, -0.1) is 0 Å². The lowest BCUT2D eigenvalue weighted by molar-refractivity contribution is -0.161. The minimum absolute atomic E-state index is 0.0238. The number of hydrogen-bond donors (Lipinski definition) is 0. The Morgan fingerprint density at radius 1 is 1.20 bits per heavy atom. The van der Waals surface area contributed by atoms with Crippen LogP contribution in [0.1, 0.15) is 19.4 Å². The molecule has 1 aromatic rings. The number of carbonyl (C=O) groups is 2. The molecular weight excluding hydrogens is 331 g/mol. The molecule has 6 heteroatoms. The fourth-order valence-corrected chi connectivity index (χ4v) is 2.08. The van der Waals surface area contributed by atoms with Gasteiger partial charge in [-0.3, -0.25) is 9.59 Å². The van der Waals surface area contributed by atoms with Gasteiger partial charge in [0.1, 0.15) is 5.82 Å². The second-order valence-corrected chi connectivity index (χ2v) is 4.85. The van der Waals surface area contributed by atoms with Crippen molar-refractivity contribution in [3.05, 3.63) is 34.1 Å². The van der Waals surface area contributed by atoms with Crippen LogP contribution in [0.2, 0.25) is 0 Å². The monoisotopic (exact) mass is 346 g/mol. The van der Waals surface area contributed by atoms with Crippen LogP contribution in [0.3, 0.4) is 0 Å². The Bertz CT molecular complexity index is 472. The van der Waals surface area contributed by atoms with Crippen LogP contribution < -0.4 is 0 Å². The second-order valence-electron chi connectivity index (χ2n) is 4.00. The predicted molar refractivity (Wildman–Crippen MR) is 74.6 cm³/mol. The molecule has 0 unspecified atom stereocenters. The number of hydrogen-bond acceptors (Lipinski definition) is 4. The molecule has 0 bridgehead atoms. The quantitative estimate of drug-likeness (QED) is 0.587. The lowest BCUT2D eigenvalue weighted by Gasteiger charge is -2.15. The summed E-state index contributed by atoms with van der Waals surface area (Å²) in [6.45, 7) is 3.63. The van der Waals surface area contributed by atoms with Crippen LogP contribution in [0.25, 0.3) is 0 Å². The highest BCUT2D eigenvalue weighted by molar-refractivity contribution is 9.10. The molecule has 4 nitrogen and oxygen atoms in total. The third-order valence-electron chi connectivity index (χ3n) is 2.57. The summed E-state index contributed by atoms with van der Waals surface area (Å²) in [6, 6.07) is 4.09. The zero-order valence-electron chi connectivity index (χ0n) is 11.3. The van der Waals surface area contributed by atoms with Crippen LogP contribution in [-0.2, 0) is 25.5 Å². The van der Waals surface area contributed by atoms with E-state index in [0.29, 0.717) is 10.0 Å². The van der Waals surface area contributed by atoms with E-state index in [0.717, 1.165) is 0 Å². The molecule has 0 fully saturated rings. The van der Waals surface area contributed by atoms with Crippen molar-refractivity contribution in [3.63, 3.8) is 0 Å². The number of benzene rings is 1. The van der Waals surface area contributed by atoms with Crippen molar-refractivity contribution in [2.45, 2.75) is 20.3 Å². The highest BCUT2D eigenvalue weighted by Gasteiger charge is 2.30. The molecule has 0 saturated carbocycles. The third-order valence-corrected chi connectivity index (χ3v) is 3.35. The topological polar surface area (TPSA) is 52.6 Å². The smallest absolute Gasteiger partial charge is 0.320 e. The normalized spacial score (nSPS) is 10.4. The summed E-state index contributed by atoms with van der Waals surface area (Å²) in [5, 5.41) is 0. The first kappa shape index (κ1) is 16.6. The summed E-state index contributed by atoms with van der Waals surface area (Å²) in [5.41, 5.74) is 0.510. The molecule has 1 rings (SSSR count). The summed E-state index contributed by atoms with van der Waals surface area (Å²) < 4.78 is 23.6. The van der Waals surface area contributed by atoms with Gasteiger partial charge in [0.2, 0.25) is 0 Å². The molecule has 0 aromatic heterocycles. The predicted octanol–water partition coefficient (Wildman–Crippen LogP) is 2.87. The molecular formula is C14H16BrFO4. The van der Waals surface area contributed by atoms with Crippen LogP contribution in [0.15, 0.2) is 22.7 Å². The van der Waals surface area contributed by atoms with Crippen LogP contribution >= 0.6 is 15.9 Å². The van der Waals surface area contributed by atoms with Crippen molar-refractivity contribution < 1.29 is 23.5 Å². The lowest BCUT2D eigenvalue weighted by atomic mass is 9.99. The average molecular weight is 347 g/mol. The summed E-state index contributed by atoms with van der Waals surface area (Å²) in [7, 11) is 0. The van der Waals surface area contributed by atoms with E-state index in [1.54, 1.807) is 13.8 Å². The Balaban J connectivity index is 2.96. The molecule has 0 spiro atoms. The zero-order valence-corrected chi connectivity index (χ0v) is 12.9. The van der Waals surface area contributed by atoms with Gasteiger partial charge in [-0.05, 0) is 44.0 Å². The molecule has 110 valence electrons. The van der Waals surface area contributed by atoms with E-state index in [1.807, 2.05) is 0 Å². The number of ether oxygens (including phenoxy) is 2. The lowest BCUT2D eigenvalue weighted by Crippen LogP contribution is -2.30. The molecule has 0 N–H and O–H groups in total. The van der Waals surface area contributed by atoms with Crippen LogP contribution in [-0.4, -0.2) is 25.2 Å². The molecule has 0 heterocycles. The van der Waals surface area contributed by atoms with Crippen LogP contribution in [0, 0.1) is 11.7 Å². The first-order valence-electron chi connectivity index (χ1n) is 6.26. The van der Waals surface area contributed by atoms with E-state index < -0.39 is 23.7 Å². The minimum Gasteiger partial charge on any atom is -0.465 e. The van der Waals surface area contributed by atoms with Crippen LogP contribution in [0.5, 0.6) is 0 Å². The molecule has 1 aromatic carbocycles. The average Bonchev–Trinajstić information content (AvgIpc) is 2.40. The third kappa shape index (κ3) is 4.59. The molecule has 0 atom stereocenters. The maximum Gasteiger partial charge on any atom is 0.320 e. The molecule has 0 aliphatic heterocycles. The van der Waals surface area contributed by atoms with E-state index in [1.165, 1.54) is 18.2 Å². The fraction of sp³-hybridized carbons (Fsp3) is 0.429. The molecule has 20 heavy (non-hydrogen) atoms. The Morgan fingerprint density at radius 3 is 2.25 bits per heavy atom. The number of carbonyl (C=O) groups excluding carboxylic acids is 2. The Morgan fingerprint density at radius 2 is 1.75 bits per heavy atom. The van der Waals surface area contributed by atoms with Gasteiger partial charge in [-0.1, -0.05) is 15.9 Å². The SMILES string of the molecule is CCOC(=O)C(Cc1cc(F)ccc1Br)C(=O)OCC. The van der Waals surface area contributed by atoms with E-state index in [2.05, 4.69) is 15.9 Å². The number of rotatable bonds is 6. The second kappa shape index (κ2) is 7.99. The van der Waals surface area contributed by atoms with Gasteiger partial charge in [0.15, 0.2) is 5.92 Å². The van der Waals surface area contributed by atoms with E-state index >= 15 is 0 Å². The van der Waals surface area contributed by atoms with Crippen molar-refractivity contribution in [2.24, 2.45) is 5.92 Å². The van der Waals surface area contributed by atoms with Gasteiger partial charge in [-0.25, -0.2) is 4.39 Å². The highest BCUT2D eigenvalue weighted by atomic mass is 79.9. The minimum atomic E-state index is -1.09. The summed E-state index contributed by atoms with van der Waals surface area (Å²) >= 11 is 3.26. The maximum absolute atomic E-state index is 13.2. The first-order valence-corrected chi connectivity index (χ1v) is 7.06. The van der Waals surface area contributed by atoms with Crippen molar-refractivity contribution in [2.75, 3.05) is 13.2 Å². The fourth-order valence-electron chi connectivity index (χ4n) is 1.67. The van der Waals surface area contributed by atoms with Gasteiger partial charge in [0, 0.05) is 4.47 Å². The van der Waals surface area contributed by atoms with Crippen molar-refractivity contribution in [1.29, 1.82) is 0 Å². The number of halogens is 2. The van der Waals surface area contributed by atoms with E-state index in [-0.39, 0.29) is 19.6 Å². The summed E-state index contributed by atoms with van der Waals surface area (Å²) in [4.78, 5) is 23.7. The maximum atomic E-state index is 13.2. The van der Waals surface area contributed by atoms with Gasteiger partial charge in [0.05, 0.1) is 13.2 Å². The van der Waals surface area contributed by atoms with E-state index in [9.17, 15) is 14.0 Å². The van der Waals surface area contributed by atoms with Gasteiger partial charge in [0.25, 0.3) is 0 Å². The summed E-state index contributed by atoms with van der Waals surface area (Å²) in [6.07, 6.45) is 0.0238. The molecule has 0 aliphatic carbocycles. The van der Waals surface area contributed by atoms with Gasteiger partial charge >= 0.3 is 11.9 Å². The molecule has 0 aliphatic rings. The van der Waals surface area contributed by atoms with Crippen molar-refractivity contribution in [3.8, 4) is 0 Å². The summed E-state index contributed by atoms with van der Waals surface area (Å²) in [5.74, 6) is -2.85. The Labute approximate surface area is 125 Å². The van der Waals surface area contributed by atoms with Crippen molar-refractivity contribution in [1.82, 2.24) is 0 Å². The van der Waals surface area contributed by atoms with Crippen molar-refractivity contribution >= 4 is 27.9 Å². The molecule has 0 saturated heterocycles. The van der Waals surface area contributed by atoms with Crippen LogP contribution in [0.4, 0.5) is 4.39 Å². The Kier molecular flexibility index (Phi) is 6.64. The highest BCUT2D eigenvalue weighted by Crippen LogP contribution is 2.22. The zero-order chi connectivity index (χ0) is 15.1. The standard InChI is InChI=1S/C14H16BrFO4/c1-3-19-13(17)11(14(18)20-4-2)8-9-7-10(16)5-6-12(9)15/h5-7,11H,3-4,8H2,1-2H3. The van der Waals surface area contributed by atoms with E-state index in [4.69, 9.17) is 9.47 Å². The van der Waals surface area contributed by atoms with Gasteiger partial charge < -0.3 is 9.47 Å². The van der Waals surface area contributed by atoms with Gasteiger partial charge in [-0.2, -0.15) is 0 Å². The Hall–Kier alpha value is -1.43. The largest absolute Gasteiger partial charge is 0.465 e.